The molecule has 0 spiro atoms. The van der Waals surface area contributed by atoms with E-state index in [-0.39, 0.29) is 302 Å². The van der Waals surface area contributed by atoms with E-state index >= 15 is 0 Å². The van der Waals surface area contributed by atoms with Crippen molar-refractivity contribution >= 4 is 762 Å². The fourth-order valence-electron chi connectivity index (χ4n) is 8.95. The number of halogens is 3. The molecule has 2 heterocycles. The highest BCUT2D eigenvalue weighted by molar-refractivity contribution is 9.53. The van der Waals surface area contributed by atoms with Crippen molar-refractivity contribution in [1.29, 1.82) is 0 Å². The lowest BCUT2D eigenvalue weighted by Gasteiger charge is -2.58. The van der Waals surface area contributed by atoms with Gasteiger partial charge in [-0.25, -0.2) is 24.8 Å². The van der Waals surface area contributed by atoms with Crippen LogP contribution < -0.4 is 26.3 Å². The third-order valence-corrected chi connectivity index (χ3v) is 616. The van der Waals surface area contributed by atoms with Crippen molar-refractivity contribution < 1.29 is 9.47 Å². The Hall–Kier alpha value is 32.4. The summed E-state index contributed by atoms with van der Waals surface area (Å²) in [6.45, 7) is 3.22. The van der Waals surface area contributed by atoms with Crippen LogP contribution in [0.5, 0.6) is 11.5 Å². The fourth-order valence-corrected chi connectivity index (χ4v) is 1230. The van der Waals surface area contributed by atoms with E-state index in [1.165, 1.54) is 12.7 Å². The van der Waals surface area contributed by atoms with Crippen LogP contribution >= 0.6 is 739 Å². The highest BCUT2D eigenvalue weighted by Gasteiger charge is 2.60. The normalized spacial score (nSPS) is 14.0. The second-order valence-electron chi connectivity index (χ2n) is 23.6. The van der Waals surface area contributed by atoms with Gasteiger partial charge in [0.25, 0.3) is 0 Å². The molecule has 10 nitrogen and oxygen atoms in total. The molecule has 6 rings (SSSR count). The SMILES string of the molecule is Clc1ncnc(Cl)c1OCc1ccccc1.NCc1ccc(Nc2ncnc(Cl)c2OCc2ccccc2)cc1.PPP(P(P)P)P(P(P)P)P(P(P(P)P)P(P)P)P(P(P(P(P)P)P(P)P)P(P(P)P)P(P)P)P(P(P(P)P)P(P)P)P(P(P)P)P(P)P.PPP(P)P(P(P)P)P(P(P(P(P)P)P(P)P)P(P(P)P)P(P)P)P(P(P(P)P)P(P)P)P(P(P)P)P(P)P.[C-]#[N+]c1ccc(N)cc1. The predicted molar refractivity (Wildman–Crippen MR) is 933 cm³/mol. The van der Waals surface area contributed by atoms with E-state index in [2.05, 4.69) is 432 Å². The first-order valence-corrected chi connectivity index (χ1v) is 195. The van der Waals surface area contributed by atoms with Crippen LogP contribution in [0.3, 0.4) is 0 Å². The Balaban J connectivity index is 0.000000632. The van der Waals surface area contributed by atoms with Crippen molar-refractivity contribution in [2.24, 2.45) is 5.73 Å². The van der Waals surface area contributed by atoms with Gasteiger partial charge in [0.2, 0.25) is 0 Å². The van der Waals surface area contributed by atoms with Crippen molar-refractivity contribution in [3.63, 3.8) is 0 Å². The molecule has 0 aliphatic carbocycles. The summed E-state index contributed by atoms with van der Waals surface area (Å²) in [6.07, 6.45) is 2.69. The molecule has 52 atom stereocenters. The summed E-state index contributed by atoms with van der Waals surface area (Å²) in [6, 6.07) is 34.1. The first-order valence-electron chi connectivity index (χ1n) is 34.6. The molecule has 0 aliphatic rings. The van der Waals surface area contributed by atoms with E-state index in [0.29, 0.717) is 48.5 Å². The first-order chi connectivity index (χ1) is 63.9. The van der Waals surface area contributed by atoms with Crippen LogP contribution in [0.1, 0.15) is 16.7 Å². The zero-order valence-electron chi connectivity index (χ0n) is 71.3. The number of hydrogen-bond donors (Lipinski definition) is 3. The summed E-state index contributed by atoms with van der Waals surface area (Å²) in [5.74, 6) is 1.26. The molecule has 0 saturated heterocycles. The van der Waals surface area contributed by atoms with Crippen molar-refractivity contribution in [2.75, 3.05) is 11.1 Å². The van der Waals surface area contributed by atoms with E-state index in [9.17, 15) is 0 Å². The number of ether oxygens (including phenoxy) is 2. The second-order valence-corrected chi connectivity index (χ2v) is 381. The Labute approximate surface area is 990 Å². The molecule has 6 aromatic rings. The third-order valence-electron chi connectivity index (χ3n) is 13.9. The number of nitrogen functional groups attached to an aromatic ring is 1. The molecular weight excluding hydrogens is 3410 g/mol. The van der Waals surface area contributed by atoms with Gasteiger partial charge in [-0.1, -0.05) is 136 Å². The van der Waals surface area contributed by atoms with E-state index in [4.69, 9.17) is 62.3 Å². The minimum Gasteiger partial charge on any atom is -0.483 e. The Morgan fingerprint density at radius 2 is 0.540 bits per heavy atom. The van der Waals surface area contributed by atoms with Crippen LogP contribution in [0, 0.1) is 6.57 Å². The molecule has 0 fully saturated rings. The summed E-state index contributed by atoms with van der Waals surface area (Å²) in [7, 11) is 156. The quantitative estimate of drug-likeness (QED) is 0.0147. The largest absolute Gasteiger partial charge is 0.483 e. The van der Waals surface area contributed by atoms with Gasteiger partial charge in [-0.15, -0.1) is 402 Å². The number of nitrogens with one attached hydrogen (secondary N) is 1. The lowest BCUT2D eigenvalue weighted by Crippen LogP contribution is -2.03. The van der Waals surface area contributed by atoms with Gasteiger partial charge in [0, 0.05) is 17.9 Å². The van der Waals surface area contributed by atoms with Gasteiger partial charge in [0.05, 0.1) is 6.57 Å². The Bertz CT molecular complexity index is 4030. The second kappa shape index (κ2) is 93.7. The van der Waals surface area contributed by atoms with Crippen LogP contribution in [0.2, 0.25) is 15.5 Å². The Morgan fingerprint density at radius 1 is 0.292 bits per heavy atom. The maximum atomic E-state index is 6.60. The molecule has 137 heavy (non-hydrogen) atoms. The predicted octanol–water partition coefficient (Wildman–Crippen LogP) is 60.3. The summed E-state index contributed by atoms with van der Waals surface area (Å²) in [5, 5.41) is 3.90. The Kier molecular flexibility index (Phi) is 113. The van der Waals surface area contributed by atoms with Crippen LogP contribution in [0.4, 0.5) is 22.9 Å². The zero-order valence-corrected chi connectivity index (χ0v) is 164. The molecule has 780 valence electrons. The maximum Gasteiger partial charge on any atom is 0.199 e. The number of nitrogens with two attached hydrogens (primary N) is 2. The van der Waals surface area contributed by atoms with Gasteiger partial charge in [0.15, 0.2) is 38.5 Å². The highest BCUT2D eigenvalue weighted by Crippen LogP contribution is 3.47. The van der Waals surface area contributed by atoms with Crippen LogP contribution in [0.15, 0.2) is 122 Å². The topological polar surface area (TPSA) is 138 Å². The fraction of sp³-hybridized carbons (Fsp3) is 0.0833. The van der Waals surface area contributed by atoms with E-state index in [1.54, 1.807) is 24.3 Å². The van der Waals surface area contributed by atoms with Gasteiger partial charge in [-0.05, 0) is 327 Å². The summed E-state index contributed by atoms with van der Waals surface area (Å²) in [5.41, 5.74) is 16.3. The molecule has 4 aromatic carbocycles. The molecule has 0 amide bonds. The van der Waals surface area contributed by atoms with Crippen LogP contribution in [-0.4, -0.2) is 19.9 Å². The first kappa shape index (κ1) is 165. The number of benzene rings is 4. The number of aromatic nitrogens is 4. The van der Waals surface area contributed by atoms with Crippen LogP contribution in [-0.2, 0) is 19.8 Å². The van der Waals surface area contributed by atoms with E-state index < -0.39 is 0 Å². The Morgan fingerprint density at radius 3 is 0.788 bits per heavy atom. The van der Waals surface area contributed by atoms with E-state index in [0.717, 1.165) is 38.3 Å². The minimum atomic E-state index is -0.184. The van der Waals surface area contributed by atoms with Crippen LogP contribution in [0.25, 0.3) is 4.85 Å². The zero-order chi connectivity index (χ0) is 105. The maximum absolute atomic E-state index is 6.60. The summed E-state index contributed by atoms with van der Waals surface area (Å²) >= 11 is 17.8. The summed E-state index contributed by atoms with van der Waals surface area (Å²) < 4.78 is 11.3. The van der Waals surface area contributed by atoms with Gasteiger partial charge >= 0.3 is 0 Å². The van der Waals surface area contributed by atoms with Crippen molar-refractivity contribution in [1.82, 2.24) is 19.9 Å². The van der Waals surface area contributed by atoms with Gasteiger partial charge in [-0.2, -0.15) is 0 Å². The molecule has 101 heteroatoms. The standard InChI is InChI=1S/C18H17ClN4O.C11H8Cl2N2O.C7H6N2.H51P49.H41P39/c19-17-16(24-11-14-4-2-1-3-5-14)18(22-12-21-17)23-15-8-6-13(10-20)7-9-15;12-10-9(11(13)15-7-14-10)16-6-8-4-2-1-3-5-8;1-9-7-4-2-6(8)3-5-7;1-26-39(27(2)3)45(38(24)25)48(44(36(20)21)37(22)23)49(46(40(28(4)5)29(6)7)41(30(8)9)31(10)11)47(42(32(12)13)33(14)15)43(34(16)17)35(18)19;1-21-31(20)36(30(18)19)39(37(32(22(2)3)23(4)5)33(24(6)7)25(8)9)38(34(26(10)11)27(12)13)35(28(14)15)29(16)17/h1-9,12H,10-11,20H2,(H,21,22,23);1-5,7H,6H2;2-5H,8H2;26H,1-25H2;21H,1-20H2. The molecule has 0 bridgehead atoms. The number of anilines is 3. The lowest BCUT2D eigenvalue weighted by atomic mass is 10.2. The average Bonchev–Trinajstić information content (AvgIpc) is 0.723. The molecular formula is C36H123Cl3N8O2P88. The average molecular weight is 3530 g/mol. The highest BCUT2D eigenvalue weighted by atomic mass is 35.5. The minimum absolute atomic E-state index is 0.0190. The smallest absolute Gasteiger partial charge is 0.199 e. The third kappa shape index (κ3) is 61.9. The number of nitrogens with zero attached hydrogens (tertiary/aromatic N) is 5. The van der Waals surface area contributed by atoms with Crippen molar-refractivity contribution in [2.45, 2.75) is 19.8 Å². The molecule has 0 aliphatic heterocycles. The lowest BCUT2D eigenvalue weighted by molar-refractivity contribution is 0.304. The summed E-state index contributed by atoms with van der Waals surface area (Å²) in [4.78, 5) is 19.0. The molecule has 2 aromatic heterocycles. The van der Waals surface area contributed by atoms with E-state index in [1.807, 2.05) is 84.9 Å². The molecule has 0 saturated carbocycles. The van der Waals surface area contributed by atoms with Gasteiger partial charge < -0.3 is 26.3 Å². The molecule has 52 unspecified atom stereocenters. The van der Waals surface area contributed by atoms with Crippen molar-refractivity contribution in [3.05, 3.63) is 165 Å². The molecule has 5 N–H and O–H groups in total. The van der Waals surface area contributed by atoms with Crippen molar-refractivity contribution in [3.8, 4) is 11.5 Å². The molecule has 0 radical (unpaired) electrons. The number of rotatable bonds is 50. The monoisotopic (exact) mass is 3530 g/mol. The van der Waals surface area contributed by atoms with Gasteiger partial charge in [0.1, 0.15) is 25.9 Å². The number of hydrogen-bond acceptors (Lipinski definition) is 9. The van der Waals surface area contributed by atoms with Gasteiger partial charge in [-0.3, -0.25) is 0 Å².